The summed E-state index contributed by atoms with van der Waals surface area (Å²) in [4.78, 5) is 0.883. The molecule has 0 radical (unpaired) electrons. The van der Waals surface area contributed by atoms with Crippen LogP contribution in [0, 0.1) is 5.92 Å². The van der Waals surface area contributed by atoms with Crippen molar-refractivity contribution in [2.45, 2.75) is 36.9 Å². The highest BCUT2D eigenvalue weighted by molar-refractivity contribution is 7.91. The van der Waals surface area contributed by atoms with E-state index >= 15 is 0 Å². The highest BCUT2D eigenvalue weighted by Crippen LogP contribution is 2.33. The molecule has 0 aliphatic heterocycles. The Morgan fingerprint density at radius 2 is 2.16 bits per heavy atom. The Hall–Kier alpha value is -0.500. The number of nitrogens with two attached hydrogens (primary N) is 1. The SMILES string of the molecule is CC(C)N(CC1CC1)S(=O)(=O)c1ccc(C(N)=S)s1. The maximum absolute atomic E-state index is 12.6. The largest absolute Gasteiger partial charge is 0.389 e. The Bertz CT molecular complexity index is 574. The van der Waals surface area contributed by atoms with Crippen LogP contribution >= 0.6 is 23.6 Å². The molecule has 4 nitrogen and oxygen atoms in total. The van der Waals surface area contributed by atoms with Gasteiger partial charge in [-0.05, 0) is 44.7 Å². The topological polar surface area (TPSA) is 63.4 Å². The lowest BCUT2D eigenvalue weighted by Gasteiger charge is -2.25. The molecule has 7 heteroatoms. The van der Waals surface area contributed by atoms with E-state index in [4.69, 9.17) is 18.0 Å². The lowest BCUT2D eigenvalue weighted by molar-refractivity contribution is 0.342. The molecule has 2 N–H and O–H groups in total. The molecule has 1 saturated carbocycles. The summed E-state index contributed by atoms with van der Waals surface area (Å²) in [6.45, 7) is 4.42. The van der Waals surface area contributed by atoms with Gasteiger partial charge in [-0.2, -0.15) is 4.31 Å². The Labute approximate surface area is 123 Å². The van der Waals surface area contributed by atoms with E-state index < -0.39 is 10.0 Å². The third-order valence-corrected chi connectivity index (χ3v) is 7.08. The van der Waals surface area contributed by atoms with E-state index in [0.29, 0.717) is 21.5 Å². The third kappa shape index (κ3) is 3.34. The molecule has 0 atom stereocenters. The van der Waals surface area contributed by atoms with Crippen LogP contribution in [-0.2, 0) is 10.0 Å². The van der Waals surface area contributed by atoms with Gasteiger partial charge in [-0.25, -0.2) is 8.42 Å². The van der Waals surface area contributed by atoms with Crippen molar-refractivity contribution in [1.29, 1.82) is 0 Å². The van der Waals surface area contributed by atoms with Gasteiger partial charge in [-0.15, -0.1) is 11.3 Å². The molecule has 1 aromatic heterocycles. The van der Waals surface area contributed by atoms with E-state index in [1.165, 1.54) is 0 Å². The maximum atomic E-state index is 12.6. The molecule has 0 bridgehead atoms. The van der Waals surface area contributed by atoms with E-state index in [2.05, 4.69) is 0 Å². The Morgan fingerprint density at radius 1 is 1.53 bits per heavy atom. The molecular formula is C12H18N2O2S3. The molecule has 1 heterocycles. The van der Waals surface area contributed by atoms with Gasteiger partial charge in [0.1, 0.15) is 9.20 Å². The van der Waals surface area contributed by atoms with E-state index in [1.807, 2.05) is 13.8 Å². The zero-order valence-electron chi connectivity index (χ0n) is 11.0. The summed E-state index contributed by atoms with van der Waals surface area (Å²) in [6, 6.07) is 3.23. The Balaban J connectivity index is 2.29. The molecule has 1 aromatic rings. The fraction of sp³-hybridized carbons (Fsp3) is 0.583. The van der Waals surface area contributed by atoms with Crippen molar-refractivity contribution in [2.24, 2.45) is 11.7 Å². The summed E-state index contributed by atoms with van der Waals surface area (Å²) in [5.41, 5.74) is 5.53. The summed E-state index contributed by atoms with van der Waals surface area (Å²) in [5, 5.41) is 0. The summed E-state index contributed by atoms with van der Waals surface area (Å²) in [5.74, 6) is 0.521. The third-order valence-electron chi connectivity index (χ3n) is 3.10. The number of hydrogen-bond donors (Lipinski definition) is 1. The van der Waals surface area contributed by atoms with Crippen molar-refractivity contribution in [3.8, 4) is 0 Å². The first-order valence-electron chi connectivity index (χ1n) is 6.24. The molecule has 1 aliphatic carbocycles. The minimum Gasteiger partial charge on any atom is -0.389 e. The van der Waals surface area contributed by atoms with Gasteiger partial charge in [0, 0.05) is 12.6 Å². The molecule has 2 rings (SSSR count). The summed E-state index contributed by atoms with van der Waals surface area (Å²) in [6.07, 6.45) is 2.25. The molecular weight excluding hydrogens is 300 g/mol. The van der Waals surface area contributed by atoms with Crippen LogP contribution in [0.1, 0.15) is 31.6 Å². The Kier molecular flexibility index (Phi) is 4.29. The monoisotopic (exact) mass is 318 g/mol. The first kappa shape index (κ1) is 14.9. The average Bonchev–Trinajstić information content (AvgIpc) is 2.97. The van der Waals surface area contributed by atoms with Gasteiger partial charge in [0.15, 0.2) is 0 Å². The Morgan fingerprint density at radius 3 is 2.58 bits per heavy atom. The van der Waals surface area contributed by atoms with Crippen molar-refractivity contribution in [3.63, 3.8) is 0 Å². The maximum Gasteiger partial charge on any atom is 0.252 e. The first-order chi connectivity index (χ1) is 8.82. The molecule has 19 heavy (non-hydrogen) atoms. The molecule has 106 valence electrons. The molecule has 0 saturated heterocycles. The van der Waals surface area contributed by atoms with Crippen LogP contribution in [0.5, 0.6) is 0 Å². The van der Waals surface area contributed by atoms with Gasteiger partial charge in [0.25, 0.3) is 10.0 Å². The van der Waals surface area contributed by atoms with Crippen LogP contribution < -0.4 is 5.73 Å². The molecule has 0 aromatic carbocycles. The normalized spacial score (nSPS) is 16.2. The molecule has 0 spiro atoms. The van der Waals surface area contributed by atoms with Crippen molar-refractivity contribution in [1.82, 2.24) is 4.31 Å². The van der Waals surface area contributed by atoms with Crippen LogP contribution in [0.3, 0.4) is 0 Å². The molecule has 1 aliphatic rings. The second-order valence-electron chi connectivity index (χ2n) is 5.09. The van der Waals surface area contributed by atoms with Crippen LogP contribution in [-0.4, -0.2) is 30.3 Å². The van der Waals surface area contributed by atoms with Crippen LogP contribution in [0.25, 0.3) is 0 Å². The lowest BCUT2D eigenvalue weighted by atomic mass is 10.3. The minimum absolute atomic E-state index is 0.0408. The summed E-state index contributed by atoms with van der Waals surface area (Å²) < 4.78 is 27.2. The summed E-state index contributed by atoms with van der Waals surface area (Å²) >= 11 is 6.02. The number of thiocarbonyl (C=S) groups is 1. The fourth-order valence-corrected chi connectivity index (χ4v) is 5.04. The zero-order valence-corrected chi connectivity index (χ0v) is 13.4. The predicted octanol–water partition coefficient (Wildman–Crippen LogP) is 2.19. The van der Waals surface area contributed by atoms with Gasteiger partial charge in [-0.1, -0.05) is 12.2 Å². The lowest BCUT2D eigenvalue weighted by Crippen LogP contribution is -2.38. The first-order valence-corrected chi connectivity index (χ1v) is 8.90. The van der Waals surface area contributed by atoms with Crippen LogP contribution in [0.2, 0.25) is 0 Å². The quantitative estimate of drug-likeness (QED) is 0.817. The van der Waals surface area contributed by atoms with Crippen molar-refractivity contribution in [2.75, 3.05) is 6.54 Å². The number of sulfonamides is 1. The minimum atomic E-state index is -3.43. The van der Waals surface area contributed by atoms with Gasteiger partial charge >= 0.3 is 0 Å². The second kappa shape index (κ2) is 5.47. The number of hydrogen-bond acceptors (Lipinski definition) is 4. The number of nitrogens with zero attached hydrogens (tertiary/aromatic N) is 1. The van der Waals surface area contributed by atoms with Gasteiger partial charge < -0.3 is 5.73 Å². The van der Waals surface area contributed by atoms with E-state index in [1.54, 1.807) is 16.4 Å². The van der Waals surface area contributed by atoms with E-state index in [9.17, 15) is 8.42 Å². The standard InChI is InChI=1S/C12H18N2O2S3/c1-8(2)14(7-9-3-4-9)19(15,16)11-6-5-10(18-11)12(13)17/h5-6,8-9H,3-4,7H2,1-2H3,(H2,13,17). The van der Waals surface area contributed by atoms with Crippen molar-refractivity contribution >= 4 is 38.6 Å². The van der Waals surface area contributed by atoms with Gasteiger partial charge in [-0.3, -0.25) is 0 Å². The van der Waals surface area contributed by atoms with Crippen molar-refractivity contribution in [3.05, 3.63) is 17.0 Å². The highest BCUT2D eigenvalue weighted by atomic mass is 32.2. The number of thiophene rings is 1. The van der Waals surface area contributed by atoms with Crippen molar-refractivity contribution < 1.29 is 8.42 Å². The molecule has 1 fully saturated rings. The van der Waals surface area contributed by atoms with E-state index in [0.717, 1.165) is 24.2 Å². The summed E-state index contributed by atoms with van der Waals surface area (Å²) in [7, 11) is -3.43. The molecule has 0 unspecified atom stereocenters. The van der Waals surface area contributed by atoms with Crippen LogP contribution in [0.15, 0.2) is 16.3 Å². The van der Waals surface area contributed by atoms with Gasteiger partial charge in [0.05, 0.1) is 4.88 Å². The van der Waals surface area contributed by atoms with E-state index in [-0.39, 0.29) is 11.0 Å². The average molecular weight is 318 g/mol. The van der Waals surface area contributed by atoms with Crippen LogP contribution in [0.4, 0.5) is 0 Å². The highest BCUT2D eigenvalue weighted by Gasteiger charge is 2.34. The fourth-order valence-electron chi connectivity index (χ4n) is 1.85. The second-order valence-corrected chi connectivity index (χ2v) is 8.74. The number of rotatable bonds is 6. The zero-order chi connectivity index (χ0) is 14.2. The molecule has 0 amide bonds. The van der Waals surface area contributed by atoms with Gasteiger partial charge in [0.2, 0.25) is 0 Å². The predicted molar refractivity (Wildman–Crippen MR) is 82.0 cm³/mol. The smallest absolute Gasteiger partial charge is 0.252 e.